The normalized spacial score (nSPS) is 16.2. The van der Waals surface area contributed by atoms with E-state index < -0.39 is 0 Å². The highest BCUT2D eigenvalue weighted by Gasteiger charge is 2.16. The predicted octanol–water partition coefficient (Wildman–Crippen LogP) is 3.30. The molecule has 0 spiro atoms. The molecule has 1 fully saturated rings. The fraction of sp³-hybridized carbons (Fsp3) is 0.500. The van der Waals surface area contributed by atoms with Gasteiger partial charge in [-0.15, -0.1) is 0 Å². The number of fused-ring (bicyclic) bond motifs is 1. The average molecular weight is 313 g/mol. The summed E-state index contributed by atoms with van der Waals surface area (Å²) in [7, 11) is 0. The number of carbonyl (C=O) groups excluding carboxylic acids is 2. The highest BCUT2D eigenvalue weighted by molar-refractivity contribution is 5.92. The zero-order valence-corrected chi connectivity index (χ0v) is 13.3. The summed E-state index contributed by atoms with van der Waals surface area (Å²) >= 11 is 0. The summed E-state index contributed by atoms with van der Waals surface area (Å²) in [5.74, 6) is -0.163. The van der Waals surface area contributed by atoms with E-state index in [1.807, 2.05) is 24.3 Å². The maximum absolute atomic E-state index is 12.3. The summed E-state index contributed by atoms with van der Waals surface area (Å²) in [4.78, 5) is 24.4. The highest BCUT2D eigenvalue weighted by atomic mass is 16.2. The summed E-state index contributed by atoms with van der Waals surface area (Å²) in [6.45, 7) is 0. The SMILES string of the molecule is O=C(CCC(=O)n1ncc2ccccc21)NC1CCCCCC1. The van der Waals surface area contributed by atoms with Crippen molar-refractivity contribution in [1.82, 2.24) is 15.1 Å². The van der Waals surface area contributed by atoms with E-state index in [1.54, 1.807) is 6.20 Å². The highest BCUT2D eigenvalue weighted by Crippen LogP contribution is 2.17. The molecule has 1 N–H and O–H groups in total. The second kappa shape index (κ2) is 7.40. The van der Waals surface area contributed by atoms with Crippen LogP contribution >= 0.6 is 0 Å². The summed E-state index contributed by atoms with van der Waals surface area (Å²) in [6.07, 6.45) is 9.10. The van der Waals surface area contributed by atoms with Crippen molar-refractivity contribution in [2.75, 3.05) is 0 Å². The number of hydrogen-bond acceptors (Lipinski definition) is 3. The van der Waals surface area contributed by atoms with Crippen molar-refractivity contribution < 1.29 is 9.59 Å². The van der Waals surface area contributed by atoms with E-state index >= 15 is 0 Å². The molecule has 3 rings (SSSR count). The molecule has 1 aromatic heterocycles. The van der Waals surface area contributed by atoms with Gasteiger partial charge in [0, 0.05) is 24.3 Å². The molecule has 5 nitrogen and oxygen atoms in total. The van der Waals surface area contributed by atoms with Crippen molar-refractivity contribution in [3.8, 4) is 0 Å². The number of amides is 1. The van der Waals surface area contributed by atoms with Crippen LogP contribution in [0.1, 0.15) is 56.2 Å². The van der Waals surface area contributed by atoms with Crippen LogP contribution in [0, 0.1) is 0 Å². The second-order valence-corrected chi connectivity index (χ2v) is 6.26. The average Bonchev–Trinajstić information content (AvgIpc) is 2.83. The number of carbonyl (C=O) groups is 2. The van der Waals surface area contributed by atoms with Crippen LogP contribution in [0.2, 0.25) is 0 Å². The maximum Gasteiger partial charge on any atom is 0.247 e. The van der Waals surface area contributed by atoms with Crippen LogP contribution < -0.4 is 5.32 Å². The Kier molecular flexibility index (Phi) is 5.05. The smallest absolute Gasteiger partial charge is 0.247 e. The molecular formula is C18H23N3O2. The van der Waals surface area contributed by atoms with Crippen molar-refractivity contribution in [1.29, 1.82) is 0 Å². The Hall–Kier alpha value is -2.17. The van der Waals surface area contributed by atoms with E-state index in [2.05, 4.69) is 10.4 Å². The van der Waals surface area contributed by atoms with Gasteiger partial charge in [-0.1, -0.05) is 43.9 Å². The predicted molar refractivity (Wildman–Crippen MR) is 89.2 cm³/mol. The fourth-order valence-electron chi connectivity index (χ4n) is 3.22. The zero-order valence-electron chi connectivity index (χ0n) is 13.3. The third-order valence-corrected chi connectivity index (χ3v) is 4.50. The van der Waals surface area contributed by atoms with Crippen molar-refractivity contribution in [2.45, 2.75) is 57.4 Å². The Morgan fingerprint density at radius 1 is 1.09 bits per heavy atom. The molecule has 1 saturated carbocycles. The quantitative estimate of drug-likeness (QED) is 0.881. The Labute approximate surface area is 136 Å². The Morgan fingerprint density at radius 2 is 1.83 bits per heavy atom. The van der Waals surface area contributed by atoms with Gasteiger partial charge in [0.25, 0.3) is 0 Å². The molecule has 0 bridgehead atoms. The molecule has 0 saturated heterocycles. The molecular weight excluding hydrogens is 290 g/mol. The molecule has 23 heavy (non-hydrogen) atoms. The number of nitrogens with zero attached hydrogens (tertiary/aromatic N) is 2. The van der Waals surface area contributed by atoms with Crippen molar-refractivity contribution in [2.24, 2.45) is 0 Å². The van der Waals surface area contributed by atoms with Crippen LogP contribution in [0.15, 0.2) is 30.5 Å². The standard InChI is InChI=1S/C18H23N3O2/c22-17(20-15-8-3-1-2-4-9-15)11-12-18(23)21-16-10-6-5-7-14(16)13-19-21/h5-7,10,13,15H,1-4,8-9,11-12H2,(H,20,22). The minimum Gasteiger partial charge on any atom is -0.353 e. The van der Waals surface area contributed by atoms with Gasteiger partial charge >= 0.3 is 0 Å². The van der Waals surface area contributed by atoms with Gasteiger partial charge in [0.15, 0.2) is 0 Å². The number of aromatic nitrogens is 2. The van der Waals surface area contributed by atoms with E-state index in [-0.39, 0.29) is 30.7 Å². The fourth-order valence-corrected chi connectivity index (χ4v) is 3.22. The van der Waals surface area contributed by atoms with Crippen LogP contribution in [0.4, 0.5) is 0 Å². The van der Waals surface area contributed by atoms with Gasteiger partial charge in [0.05, 0.1) is 11.7 Å². The van der Waals surface area contributed by atoms with E-state index in [4.69, 9.17) is 0 Å². The molecule has 0 radical (unpaired) electrons. The lowest BCUT2D eigenvalue weighted by Gasteiger charge is -2.15. The van der Waals surface area contributed by atoms with Crippen LogP contribution in [-0.2, 0) is 4.79 Å². The molecule has 122 valence electrons. The van der Waals surface area contributed by atoms with Crippen LogP contribution in [0.25, 0.3) is 10.9 Å². The van der Waals surface area contributed by atoms with Crippen molar-refractivity contribution in [3.63, 3.8) is 0 Å². The molecule has 1 heterocycles. The molecule has 0 aliphatic heterocycles. The first-order valence-corrected chi connectivity index (χ1v) is 8.49. The second-order valence-electron chi connectivity index (χ2n) is 6.26. The van der Waals surface area contributed by atoms with E-state index in [0.717, 1.165) is 23.7 Å². The third-order valence-electron chi connectivity index (χ3n) is 4.50. The third kappa shape index (κ3) is 3.97. The molecule has 0 unspecified atom stereocenters. The van der Waals surface area contributed by atoms with Crippen LogP contribution in [-0.4, -0.2) is 27.6 Å². The zero-order chi connectivity index (χ0) is 16.1. The van der Waals surface area contributed by atoms with Crippen LogP contribution in [0.3, 0.4) is 0 Å². The lowest BCUT2D eigenvalue weighted by Crippen LogP contribution is -2.34. The van der Waals surface area contributed by atoms with Gasteiger partial charge in [-0.05, 0) is 18.9 Å². The van der Waals surface area contributed by atoms with Gasteiger partial charge in [-0.25, -0.2) is 4.68 Å². The summed E-state index contributed by atoms with van der Waals surface area (Å²) in [5, 5.41) is 8.15. The first-order valence-electron chi connectivity index (χ1n) is 8.49. The molecule has 1 amide bonds. The van der Waals surface area contributed by atoms with Crippen molar-refractivity contribution >= 4 is 22.7 Å². The Bertz CT molecular complexity index is 684. The lowest BCUT2D eigenvalue weighted by molar-refractivity contribution is -0.121. The number of para-hydroxylation sites is 1. The van der Waals surface area contributed by atoms with Crippen molar-refractivity contribution in [3.05, 3.63) is 30.5 Å². The largest absolute Gasteiger partial charge is 0.353 e. The minimum atomic E-state index is -0.137. The summed E-state index contributed by atoms with van der Waals surface area (Å²) < 4.78 is 1.40. The molecule has 1 aliphatic carbocycles. The Balaban J connectivity index is 1.53. The number of nitrogens with one attached hydrogen (secondary N) is 1. The summed E-state index contributed by atoms with van der Waals surface area (Å²) in [5.41, 5.74) is 0.793. The molecule has 2 aromatic rings. The first-order chi connectivity index (χ1) is 11.2. The number of hydrogen-bond donors (Lipinski definition) is 1. The van der Waals surface area contributed by atoms with Gasteiger partial charge in [-0.3, -0.25) is 9.59 Å². The van der Waals surface area contributed by atoms with E-state index in [9.17, 15) is 9.59 Å². The minimum absolute atomic E-state index is 0.0262. The molecule has 1 aromatic carbocycles. The number of rotatable bonds is 4. The Morgan fingerprint density at radius 3 is 2.61 bits per heavy atom. The number of benzene rings is 1. The van der Waals surface area contributed by atoms with E-state index in [1.165, 1.54) is 30.4 Å². The van der Waals surface area contributed by atoms with Crippen LogP contribution in [0.5, 0.6) is 0 Å². The van der Waals surface area contributed by atoms with Gasteiger partial charge in [0.2, 0.25) is 11.8 Å². The van der Waals surface area contributed by atoms with E-state index in [0.29, 0.717) is 0 Å². The lowest BCUT2D eigenvalue weighted by atomic mass is 10.1. The first kappa shape index (κ1) is 15.7. The molecule has 1 aliphatic rings. The monoisotopic (exact) mass is 313 g/mol. The summed E-state index contributed by atoms with van der Waals surface area (Å²) in [6, 6.07) is 7.87. The van der Waals surface area contributed by atoms with Gasteiger partial charge in [-0.2, -0.15) is 5.10 Å². The van der Waals surface area contributed by atoms with Gasteiger partial charge in [0.1, 0.15) is 0 Å². The topological polar surface area (TPSA) is 64.0 Å². The van der Waals surface area contributed by atoms with Gasteiger partial charge < -0.3 is 5.32 Å². The molecule has 0 atom stereocenters. The maximum atomic E-state index is 12.3. The molecule has 5 heteroatoms.